The number of hydrogen-bond acceptors (Lipinski definition) is 4. The van der Waals surface area contributed by atoms with E-state index >= 15 is 0 Å². The number of anilines is 1. The molecule has 2 amide bonds. The molecule has 0 spiro atoms. The van der Waals surface area contributed by atoms with Gasteiger partial charge < -0.3 is 10.2 Å². The number of sulfonamides is 1. The van der Waals surface area contributed by atoms with E-state index in [1.54, 1.807) is 11.0 Å². The summed E-state index contributed by atoms with van der Waals surface area (Å²) in [6.45, 7) is 8.20. The van der Waals surface area contributed by atoms with E-state index < -0.39 is 16.1 Å². The quantitative estimate of drug-likeness (QED) is 0.225. The van der Waals surface area contributed by atoms with Crippen LogP contribution in [0.5, 0.6) is 0 Å². The number of nitrogens with zero attached hydrogens (tertiary/aromatic N) is 2. The molecule has 7 nitrogen and oxygen atoms in total. The number of nitrogens with one attached hydrogen (secondary N) is 1. The molecule has 9 heteroatoms. The van der Waals surface area contributed by atoms with Crippen molar-refractivity contribution >= 4 is 43.5 Å². The van der Waals surface area contributed by atoms with Gasteiger partial charge in [0.05, 0.1) is 11.9 Å². The second kappa shape index (κ2) is 15.3. The summed E-state index contributed by atoms with van der Waals surface area (Å²) >= 11 is 3.52. The van der Waals surface area contributed by atoms with Crippen LogP contribution >= 0.6 is 15.9 Å². The minimum absolute atomic E-state index is 0.0421. The first kappa shape index (κ1) is 33.3. The molecule has 3 rings (SSSR count). The van der Waals surface area contributed by atoms with E-state index in [0.29, 0.717) is 18.5 Å². The summed E-state index contributed by atoms with van der Waals surface area (Å²) in [5.41, 5.74) is 4.33. The van der Waals surface area contributed by atoms with Crippen LogP contribution in [0.3, 0.4) is 0 Å². The zero-order valence-corrected chi connectivity index (χ0v) is 27.5. The summed E-state index contributed by atoms with van der Waals surface area (Å²) in [4.78, 5) is 29.3. The highest BCUT2D eigenvalue weighted by atomic mass is 79.9. The Morgan fingerprint density at radius 1 is 0.952 bits per heavy atom. The van der Waals surface area contributed by atoms with Gasteiger partial charge in [-0.15, -0.1) is 0 Å². The third kappa shape index (κ3) is 9.42. The van der Waals surface area contributed by atoms with Gasteiger partial charge in [-0.2, -0.15) is 0 Å². The Morgan fingerprint density at radius 3 is 2.26 bits per heavy atom. The molecule has 0 saturated heterocycles. The predicted molar refractivity (Wildman–Crippen MR) is 174 cm³/mol. The van der Waals surface area contributed by atoms with Gasteiger partial charge in [0.1, 0.15) is 6.04 Å². The Bertz CT molecular complexity index is 1460. The fourth-order valence-electron chi connectivity index (χ4n) is 4.82. The lowest BCUT2D eigenvalue weighted by Gasteiger charge is -2.33. The molecule has 0 aliphatic carbocycles. The minimum atomic E-state index is -3.58. The van der Waals surface area contributed by atoms with Crippen molar-refractivity contribution in [2.24, 2.45) is 0 Å². The van der Waals surface area contributed by atoms with Crippen LogP contribution in [0.25, 0.3) is 0 Å². The molecule has 3 aromatic carbocycles. The van der Waals surface area contributed by atoms with Crippen molar-refractivity contribution in [2.45, 2.75) is 72.0 Å². The first-order chi connectivity index (χ1) is 19.9. The molecule has 42 heavy (non-hydrogen) atoms. The van der Waals surface area contributed by atoms with E-state index in [2.05, 4.69) is 21.2 Å². The fraction of sp³-hybridized carbons (Fsp3) is 0.394. The second-order valence-electron chi connectivity index (χ2n) is 10.8. The number of hydrogen-bond donors (Lipinski definition) is 1. The summed E-state index contributed by atoms with van der Waals surface area (Å²) in [7, 11) is -3.58. The largest absolute Gasteiger partial charge is 0.352 e. The predicted octanol–water partition coefficient (Wildman–Crippen LogP) is 6.17. The van der Waals surface area contributed by atoms with Gasteiger partial charge in [0.15, 0.2) is 0 Å². The lowest BCUT2D eigenvalue weighted by Crippen LogP contribution is -2.52. The number of carbonyl (C=O) groups is 2. The number of aryl methyl sites for hydroxylation is 1. The molecule has 0 radical (unpaired) electrons. The Labute approximate surface area is 259 Å². The van der Waals surface area contributed by atoms with Crippen molar-refractivity contribution in [2.75, 3.05) is 17.1 Å². The number of rotatable bonds is 14. The maximum Gasteiger partial charge on any atom is 0.243 e. The normalized spacial score (nSPS) is 12.8. The third-order valence-corrected chi connectivity index (χ3v) is 9.18. The van der Waals surface area contributed by atoms with Crippen molar-refractivity contribution in [1.82, 2.24) is 10.2 Å². The van der Waals surface area contributed by atoms with Crippen LogP contribution in [0.1, 0.15) is 55.4 Å². The molecule has 0 aromatic heterocycles. The molecule has 0 fully saturated rings. The van der Waals surface area contributed by atoms with E-state index in [9.17, 15) is 18.0 Å². The molecular weight excluding hydrogens is 614 g/mol. The van der Waals surface area contributed by atoms with Gasteiger partial charge in [0, 0.05) is 36.4 Å². The molecule has 1 N–H and O–H groups in total. The summed E-state index contributed by atoms with van der Waals surface area (Å²) in [5.74, 6) is -0.408. The number of benzene rings is 3. The Hall–Kier alpha value is -3.17. The molecule has 2 atom stereocenters. The van der Waals surface area contributed by atoms with Crippen LogP contribution in [0, 0.1) is 13.8 Å². The van der Waals surface area contributed by atoms with Gasteiger partial charge in [-0.25, -0.2) is 8.42 Å². The number of halogens is 1. The first-order valence-corrected chi connectivity index (χ1v) is 17.0. The molecule has 0 heterocycles. The van der Waals surface area contributed by atoms with Crippen LogP contribution in [-0.4, -0.2) is 50.0 Å². The third-order valence-electron chi connectivity index (χ3n) is 7.51. The standard InChI is InChI=1S/C33H42BrN3O4S/c1-6-25(3)35-33(39)31(22-27-14-8-7-9-15-27)36(23-28-16-11-17-29(34)21-28)32(38)19-12-20-37(42(5,40)41)30-18-10-13-24(2)26(30)4/h7-11,13-18,21,25,31H,6,12,19-20,22-23H2,1-5H3,(H,35,39)/t25-,31+/m1/s1. The summed E-state index contributed by atoms with van der Waals surface area (Å²) in [6.07, 6.45) is 2.71. The van der Waals surface area contributed by atoms with Crippen LogP contribution < -0.4 is 9.62 Å². The molecule has 0 saturated carbocycles. The molecule has 226 valence electrons. The minimum Gasteiger partial charge on any atom is -0.352 e. The maximum atomic E-state index is 14.0. The smallest absolute Gasteiger partial charge is 0.243 e. The molecular formula is C33H42BrN3O4S. The van der Waals surface area contributed by atoms with E-state index in [4.69, 9.17) is 0 Å². The van der Waals surface area contributed by atoms with Crippen molar-refractivity contribution < 1.29 is 18.0 Å². The van der Waals surface area contributed by atoms with E-state index in [1.807, 2.05) is 94.4 Å². The average molecular weight is 657 g/mol. The first-order valence-electron chi connectivity index (χ1n) is 14.3. The van der Waals surface area contributed by atoms with Crippen molar-refractivity contribution in [3.63, 3.8) is 0 Å². The maximum absolute atomic E-state index is 14.0. The van der Waals surface area contributed by atoms with Gasteiger partial charge in [-0.05, 0) is 74.1 Å². The van der Waals surface area contributed by atoms with E-state index in [-0.39, 0.29) is 37.4 Å². The monoisotopic (exact) mass is 655 g/mol. The highest BCUT2D eigenvalue weighted by Gasteiger charge is 2.31. The number of carbonyl (C=O) groups excluding carboxylic acids is 2. The second-order valence-corrected chi connectivity index (χ2v) is 13.7. The van der Waals surface area contributed by atoms with Crippen LogP contribution in [0.4, 0.5) is 5.69 Å². The van der Waals surface area contributed by atoms with Crippen LogP contribution in [0.2, 0.25) is 0 Å². The van der Waals surface area contributed by atoms with Gasteiger partial charge in [-0.3, -0.25) is 13.9 Å². The van der Waals surface area contributed by atoms with Gasteiger partial charge in [0.2, 0.25) is 21.8 Å². The van der Waals surface area contributed by atoms with Gasteiger partial charge in [0.25, 0.3) is 0 Å². The Kier molecular flexibility index (Phi) is 12.2. The Balaban J connectivity index is 1.91. The summed E-state index contributed by atoms with van der Waals surface area (Å²) < 4.78 is 27.8. The van der Waals surface area contributed by atoms with Gasteiger partial charge >= 0.3 is 0 Å². The fourth-order valence-corrected chi connectivity index (χ4v) is 6.28. The SMILES string of the molecule is CC[C@@H](C)NC(=O)[C@H](Cc1ccccc1)N(Cc1cccc(Br)c1)C(=O)CCCN(c1cccc(C)c1C)S(C)(=O)=O. The zero-order valence-electron chi connectivity index (χ0n) is 25.1. The molecule has 0 bridgehead atoms. The lowest BCUT2D eigenvalue weighted by atomic mass is 10.0. The molecule has 0 aliphatic heterocycles. The van der Waals surface area contributed by atoms with Crippen LogP contribution in [0.15, 0.2) is 77.3 Å². The molecule has 0 unspecified atom stereocenters. The highest BCUT2D eigenvalue weighted by molar-refractivity contribution is 9.10. The molecule has 0 aliphatic rings. The van der Waals surface area contributed by atoms with Gasteiger partial charge in [-0.1, -0.05) is 77.5 Å². The Morgan fingerprint density at radius 2 is 1.62 bits per heavy atom. The lowest BCUT2D eigenvalue weighted by molar-refractivity contribution is -0.141. The highest BCUT2D eigenvalue weighted by Crippen LogP contribution is 2.26. The van der Waals surface area contributed by atoms with E-state index in [0.717, 1.165) is 33.1 Å². The summed E-state index contributed by atoms with van der Waals surface area (Å²) in [5, 5.41) is 3.08. The van der Waals surface area contributed by atoms with Crippen LogP contribution in [-0.2, 0) is 32.6 Å². The van der Waals surface area contributed by atoms with E-state index in [1.165, 1.54) is 10.6 Å². The van der Waals surface area contributed by atoms with Crippen molar-refractivity contribution in [1.29, 1.82) is 0 Å². The van der Waals surface area contributed by atoms with Crippen molar-refractivity contribution in [3.05, 3.63) is 99.5 Å². The van der Waals surface area contributed by atoms with Crippen molar-refractivity contribution in [3.8, 4) is 0 Å². The summed E-state index contributed by atoms with van der Waals surface area (Å²) in [6, 6.07) is 22.2. The zero-order chi connectivity index (χ0) is 30.9. The average Bonchev–Trinajstić information content (AvgIpc) is 2.94. The topological polar surface area (TPSA) is 86.8 Å². The number of amides is 2. The molecule has 3 aromatic rings.